The molecule has 1 saturated heterocycles. The third-order valence-corrected chi connectivity index (χ3v) is 16.2. The van der Waals surface area contributed by atoms with Crippen molar-refractivity contribution in [2.24, 2.45) is 0 Å². The van der Waals surface area contributed by atoms with Gasteiger partial charge in [-0.25, -0.2) is 13.2 Å². The van der Waals surface area contributed by atoms with Gasteiger partial charge >= 0.3 is 5.97 Å². The van der Waals surface area contributed by atoms with Gasteiger partial charge in [-0.3, -0.25) is 18.7 Å². The maximum absolute atomic E-state index is 12.6. The largest absolute Gasteiger partial charge is 0.744 e. The third kappa shape index (κ3) is 10.5. The highest BCUT2D eigenvalue weighted by atomic mass is 32.2. The van der Waals surface area contributed by atoms with Gasteiger partial charge in [-0.15, -0.1) is 5.06 Å². The van der Waals surface area contributed by atoms with Crippen molar-refractivity contribution >= 4 is 86.8 Å². The van der Waals surface area contributed by atoms with Crippen LogP contribution in [0.5, 0.6) is 0 Å². The highest BCUT2D eigenvalue weighted by Crippen LogP contribution is 2.54. The Kier molecular flexibility index (Phi) is 15.6. The Morgan fingerprint density at radius 3 is 2.07 bits per heavy atom. The number of carbonyl (C=O) groups is 3. The molecule has 0 saturated carbocycles. The zero-order chi connectivity index (χ0) is 51.7. The molecule has 2 atom stereocenters. The number of imide groups is 1. The summed E-state index contributed by atoms with van der Waals surface area (Å²) < 4.78 is 122. The van der Waals surface area contributed by atoms with Gasteiger partial charge in [0.1, 0.15) is 21.6 Å². The Morgan fingerprint density at radius 2 is 1.44 bits per heavy atom. The summed E-state index contributed by atoms with van der Waals surface area (Å²) in [6, 6.07) is 13.3. The summed E-state index contributed by atoms with van der Waals surface area (Å²) >= 11 is 0. The minimum Gasteiger partial charge on any atom is -0.744 e. The first-order valence-corrected chi connectivity index (χ1v) is 27.4. The first kappa shape index (κ1) is 53.2. The van der Waals surface area contributed by atoms with Crippen molar-refractivity contribution < 1.29 is 72.2 Å². The van der Waals surface area contributed by atoms with Crippen LogP contribution in [0.25, 0.3) is 21.5 Å². The van der Waals surface area contributed by atoms with Crippen LogP contribution in [-0.2, 0) is 69.9 Å². The summed E-state index contributed by atoms with van der Waals surface area (Å²) in [6.07, 6.45) is 12.5. The van der Waals surface area contributed by atoms with E-state index in [0.29, 0.717) is 91.4 Å². The van der Waals surface area contributed by atoms with E-state index in [1.165, 1.54) is 25.3 Å². The van der Waals surface area contributed by atoms with Gasteiger partial charge in [0.05, 0.1) is 15.2 Å². The summed E-state index contributed by atoms with van der Waals surface area (Å²) in [5.74, 6) is -1.80. The van der Waals surface area contributed by atoms with Crippen LogP contribution in [0.3, 0.4) is 0 Å². The zero-order valence-electron chi connectivity index (χ0n) is 40.0. The van der Waals surface area contributed by atoms with Crippen molar-refractivity contribution in [3.05, 3.63) is 102 Å². The first-order valence-electron chi connectivity index (χ1n) is 23.1. The lowest BCUT2D eigenvalue weighted by atomic mass is 9.75. The van der Waals surface area contributed by atoms with Crippen LogP contribution in [0, 0.1) is 0 Å². The predicted octanol–water partition coefficient (Wildman–Crippen LogP) is 7.17. The Balaban J connectivity index is 1.29. The smallest absolute Gasteiger partial charge is 0.333 e. The predicted molar refractivity (Wildman–Crippen MR) is 263 cm³/mol. The monoisotopic (exact) mass is 1040 g/mol. The molecule has 2 N–H and O–H groups in total. The Hall–Kier alpha value is -5.65. The molecule has 18 nitrogen and oxygen atoms in total. The number of rotatable bonds is 21. The number of unbranched alkanes of at least 4 members (excludes halogenated alkanes) is 2. The molecule has 3 aliphatic rings. The molecule has 21 heteroatoms. The normalized spacial score (nSPS) is 20.3. The molecule has 2 amide bonds. The second-order valence-corrected chi connectivity index (χ2v) is 22.3. The number of hydroxylamine groups is 2. The van der Waals surface area contributed by atoms with E-state index in [1.807, 2.05) is 63.3 Å². The molecule has 7 rings (SSSR count). The molecule has 3 aliphatic heterocycles. The number of carbonyl (C=O) groups excluding carboxylic acids is 3. The molecule has 0 spiro atoms. The topological polar surface area (TPSA) is 254 Å². The maximum Gasteiger partial charge on any atom is 0.333 e. The average molecular weight is 1040 g/mol. The van der Waals surface area contributed by atoms with Crippen LogP contribution in [0.15, 0.2) is 105 Å². The lowest BCUT2D eigenvalue weighted by molar-refractivity contribution is -0.438. The fraction of sp³-hybridized carbons (Fsp3) is 0.400. The number of nitrogens with zero attached hydrogens (tertiary/aromatic N) is 3. The van der Waals surface area contributed by atoms with Crippen LogP contribution < -0.4 is 4.90 Å². The van der Waals surface area contributed by atoms with Gasteiger partial charge in [0, 0.05) is 99.6 Å². The fourth-order valence-electron chi connectivity index (χ4n) is 10.2. The van der Waals surface area contributed by atoms with Crippen molar-refractivity contribution in [3.8, 4) is 0 Å². The van der Waals surface area contributed by atoms with Gasteiger partial charge in [0.2, 0.25) is 5.69 Å². The second kappa shape index (κ2) is 20.8. The Morgan fingerprint density at radius 1 is 0.775 bits per heavy atom. The second-order valence-electron chi connectivity index (χ2n) is 18.2. The highest BCUT2D eigenvalue weighted by Gasteiger charge is 2.49. The average Bonchev–Trinajstić information content (AvgIpc) is 3.85. The molecule has 3 heterocycles. The summed E-state index contributed by atoms with van der Waals surface area (Å²) in [7, 11) is -11.6. The molecular formula is C50H57N3O15S3. The van der Waals surface area contributed by atoms with E-state index in [1.54, 1.807) is 25.3 Å². The third-order valence-electron chi connectivity index (χ3n) is 13.5. The van der Waals surface area contributed by atoms with E-state index >= 15 is 0 Å². The Bertz CT molecular complexity index is 3280. The molecular weight excluding hydrogens is 979 g/mol. The summed E-state index contributed by atoms with van der Waals surface area (Å²) in [4.78, 5) is 41.9. The molecule has 4 aromatic carbocycles. The van der Waals surface area contributed by atoms with Gasteiger partial charge in [-0.05, 0) is 104 Å². The van der Waals surface area contributed by atoms with Gasteiger partial charge in [-0.1, -0.05) is 43.4 Å². The van der Waals surface area contributed by atoms with Gasteiger partial charge in [0.15, 0.2) is 5.71 Å². The van der Waals surface area contributed by atoms with E-state index in [2.05, 4.69) is 9.48 Å². The van der Waals surface area contributed by atoms with Gasteiger partial charge in [-0.2, -0.15) is 21.4 Å². The van der Waals surface area contributed by atoms with E-state index in [-0.39, 0.29) is 41.5 Å². The van der Waals surface area contributed by atoms with Crippen LogP contribution in [0.2, 0.25) is 0 Å². The number of hydrogen-bond acceptors (Lipinski definition) is 14. The number of amides is 2. The molecule has 0 radical (unpaired) electrons. The van der Waals surface area contributed by atoms with E-state index in [0.717, 1.165) is 22.7 Å². The summed E-state index contributed by atoms with van der Waals surface area (Å²) in [5.41, 5.74) is 2.80. The number of allylic oxidation sites excluding steroid dienone is 6. The molecule has 0 bridgehead atoms. The van der Waals surface area contributed by atoms with E-state index in [9.17, 15) is 53.3 Å². The number of benzene rings is 4. The molecule has 0 aromatic heterocycles. The molecule has 2 unspecified atom stereocenters. The molecule has 4 aromatic rings. The van der Waals surface area contributed by atoms with Crippen molar-refractivity contribution in [2.45, 2.75) is 104 Å². The Labute approximate surface area is 413 Å². The van der Waals surface area contributed by atoms with Gasteiger partial charge in [0.25, 0.3) is 32.1 Å². The van der Waals surface area contributed by atoms with Crippen LogP contribution in [0.4, 0.5) is 11.4 Å². The number of fused-ring (bicyclic) bond motifs is 6. The number of ether oxygens (including phenoxy) is 2. The minimum atomic E-state index is -5.20. The molecule has 71 heavy (non-hydrogen) atoms. The SMILES string of the molecule is CCCN1/C(=C/C=C/C=C/C2=[N+](CCCCCC(=O)ON3C(=O)CCC3=O)c3ccc4c(S(=O)(=O)O)cccc4c3C2(C)CCOC)C(C)(CCOC)c2c1ccc1c(S(=O)(=O)[O-])cc(S(=O)(=O)O)cc21. The lowest BCUT2D eigenvalue weighted by Gasteiger charge is -2.30. The minimum absolute atomic E-state index is 0.00798. The number of methoxy groups -OCH3 is 2. The van der Waals surface area contributed by atoms with E-state index < -0.39 is 68.8 Å². The first-order chi connectivity index (χ1) is 33.5. The van der Waals surface area contributed by atoms with Gasteiger partial charge < -0.3 is 23.8 Å². The molecule has 380 valence electrons. The van der Waals surface area contributed by atoms with Crippen molar-refractivity contribution in [1.29, 1.82) is 0 Å². The van der Waals surface area contributed by atoms with Crippen LogP contribution in [0.1, 0.15) is 89.7 Å². The van der Waals surface area contributed by atoms with Crippen molar-refractivity contribution in [1.82, 2.24) is 5.06 Å². The highest BCUT2D eigenvalue weighted by molar-refractivity contribution is 7.87. The lowest BCUT2D eigenvalue weighted by Crippen LogP contribution is -2.33. The molecule has 1 fully saturated rings. The zero-order valence-corrected chi connectivity index (χ0v) is 42.5. The standard InChI is InChI=1S/C50H57N3O15S3/c1-6-27-51-39-22-20-35-37(31-33(69(57,58)59)32-41(35)71(63,64)65)48(39)50(3,26-30-67-5)42(51)16-9-7-10-17-43-49(2,25-29-66-4)47-36-14-13-15-40(70(60,61)62)34(36)19-21-38(47)52(43)28-12-8-11-18-46(56)68-53-44(54)23-24-45(53)55/h7,9-10,13-17,19-22,31-32H,6,8,11-12,18,23-30H2,1-5H3,(H2-,57,58,59,60,61,62,63,64,65). The summed E-state index contributed by atoms with van der Waals surface area (Å²) in [6.45, 7) is 7.53. The van der Waals surface area contributed by atoms with Crippen LogP contribution >= 0.6 is 0 Å². The number of hydrogen-bond donors (Lipinski definition) is 2. The summed E-state index contributed by atoms with van der Waals surface area (Å²) in [5, 5.41) is 1.70. The van der Waals surface area contributed by atoms with E-state index in [4.69, 9.17) is 14.3 Å². The maximum atomic E-state index is 12.6. The fourth-order valence-corrected chi connectivity index (χ4v) is 12.3. The molecule has 0 aliphatic carbocycles. The van der Waals surface area contributed by atoms with Crippen LogP contribution in [-0.4, -0.2) is 113 Å². The van der Waals surface area contributed by atoms with Crippen molar-refractivity contribution in [3.63, 3.8) is 0 Å². The quantitative estimate of drug-likeness (QED) is 0.0276. The van der Waals surface area contributed by atoms with Crippen molar-refractivity contribution in [2.75, 3.05) is 45.4 Å². The number of anilines is 1.